The lowest BCUT2D eigenvalue weighted by Gasteiger charge is -2.16. The molecule has 1 rings (SSSR count). The quantitative estimate of drug-likeness (QED) is 0.685. The molecular formula is C10H18F3NS. The van der Waals surface area contributed by atoms with Crippen molar-refractivity contribution < 1.29 is 13.2 Å². The first-order valence-corrected chi connectivity index (χ1v) is 6.44. The number of halogens is 3. The Morgan fingerprint density at radius 3 is 2.53 bits per heavy atom. The third-order valence-electron chi connectivity index (χ3n) is 2.61. The van der Waals surface area contributed by atoms with Crippen LogP contribution in [0.15, 0.2) is 0 Å². The second kappa shape index (κ2) is 5.99. The normalized spacial score (nSPS) is 19.2. The van der Waals surface area contributed by atoms with Gasteiger partial charge in [-0.15, -0.1) is 0 Å². The van der Waals surface area contributed by atoms with E-state index in [0.29, 0.717) is 12.6 Å². The van der Waals surface area contributed by atoms with E-state index < -0.39 is 5.51 Å². The van der Waals surface area contributed by atoms with Gasteiger partial charge in [0.25, 0.3) is 0 Å². The highest BCUT2D eigenvalue weighted by atomic mass is 32.2. The van der Waals surface area contributed by atoms with Gasteiger partial charge in [0, 0.05) is 18.3 Å². The summed E-state index contributed by atoms with van der Waals surface area (Å²) in [7, 11) is 0. The summed E-state index contributed by atoms with van der Waals surface area (Å²) < 4.78 is 35.5. The fourth-order valence-electron chi connectivity index (χ4n) is 1.58. The summed E-state index contributed by atoms with van der Waals surface area (Å²) in [5.41, 5.74) is -4.08. The van der Waals surface area contributed by atoms with Crippen molar-refractivity contribution in [3.63, 3.8) is 0 Å². The van der Waals surface area contributed by atoms with E-state index in [1.807, 2.05) is 0 Å². The van der Waals surface area contributed by atoms with Crippen molar-refractivity contribution in [1.82, 2.24) is 5.32 Å². The smallest absolute Gasteiger partial charge is 0.313 e. The first-order chi connectivity index (χ1) is 7.01. The molecule has 0 heterocycles. The molecule has 1 saturated carbocycles. The highest BCUT2D eigenvalue weighted by molar-refractivity contribution is 8.00. The summed E-state index contributed by atoms with van der Waals surface area (Å²) in [6.45, 7) is 2.53. The van der Waals surface area contributed by atoms with Crippen LogP contribution in [-0.2, 0) is 0 Å². The van der Waals surface area contributed by atoms with E-state index in [4.69, 9.17) is 0 Å². The van der Waals surface area contributed by atoms with Crippen LogP contribution < -0.4 is 5.32 Å². The molecule has 1 unspecified atom stereocenters. The molecule has 1 atom stereocenters. The average Bonchev–Trinajstić information content (AvgIpc) is 2.92. The molecule has 0 aromatic heterocycles. The van der Waals surface area contributed by atoms with Gasteiger partial charge in [0.05, 0.1) is 0 Å². The van der Waals surface area contributed by atoms with Crippen LogP contribution in [0.3, 0.4) is 0 Å². The minimum Gasteiger partial charge on any atom is -0.313 e. The van der Waals surface area contributed by atoms with Crippen molar-refractivity contribution in [1.29, 1.82) is 0 Å². The summed E-state index contributed by atoms with van der Waals surface area (Å²) in [5.74, 6) is 0.947. The Hall–Kier alpha value is 0.100. The van der Waals surface area contributed by atoms with Gasteiger partial charge in [0.1, 0.15) is 0 Å². The molecule has 0 aromatic rings. The van der Waals surface area contributed by atoms with Crippen LogP contribution >= 0.6 is 11.8 Å². The Morgan fingerprint density at radius 2 is 2.07 bits per heavy atom. The molecule has 0 saturated heterocycles. The van der Waals surface area contributed by atoms with Gasteiger partial charge in [0.15, 0.2) is 0 Å². The lowest BCUT2D eigenvalue weighted by molar-refractivity contribution is -0.0327. The van der Waals surface area contributed by atoms with Gasteiger partial charge in [-0.3, -0.25) is 0 Å². The predicted octanol–water partition coefficient (Wildman–Crippen LogP) is 3.41. The van der Waals surface area contributed by atoms with E-state index in [9.17, 15) is 13.2 Å². The summed E-state index contributed by atoms with van der Waals surface area (Å²) in [5, 5.41) is 3.19. The third kappa shape index (κ3) is 7.06. The molecule has 1 aliphatic carbocycles. The van der Waals surface area contributed by atoms with Crippen LogP contribution in [-0.4, -0.2) is 23.8 Å². The van der Waals surface area contributed by atoms with Gasteiger partial charge >= 0.3 is 5.51 Å². The molecule has 0 aromatic carbocycles. The molecule has 5 heteroatoms. The average molecular weight is 241 g/mol. The van der Waals surface area contributed by atoms with E-state index in [2.05, 4.69) is 12.2 Å². The molecule has 1 fully saturated rings. The van der Waals surface area contributed by atoms with Gasteiger partial charge in [-0.25, -0.2) is 0 Å². The molecule has 0 amide bonds. The minimum atomic E-state index is -4.08. The van der Waals surface area contributed by atoms with Gasteiger partial charge < -0.3 is 5.32 Å². The summed E-state index contributed by atoms with van der Waals surface area (Å²) >= 11 is 0.0581. The zero-order valence-electron chi connectivity index (χ0n) is 8.94. The minimum absolute atomic E-state index is 0.0581. The number of thioether (sulfide) groups is 1. The van der Waals surface area contributed by atoms with Crippen molar-refractivity contribution >= 4 is 11.8 Å². The van der Waals surface area contributed by atoms with E-state index in [1.165, 1.54) is 12.8 Å². The lowest BCUT2D eigenvalue weighted by Crippen LogP contribution is -2.31. The molecule has 90 valence electrons. The first-order valence-electron chi connectivity index (χ1n) is 5.45. The maximum atomic E-state index is 11.8. The summed E-state index contributed by atoms with van der Waals surface area (Å²) in [6.07, 6.45) is 4.74. The number of rotatable bonds is 7. The third-order valence-corrected chi connectivity index (χ3v) is 3.34. The Bertz CT molecular complexity index is 180. The van der Waals surface area contributed by atoms with Crippen LogP contribution in [0, 0.1) is 5.92 Å². The second-order valence-corrected chi connectivity index (χ2v) is 5.19. The number of alkyl halides is 3. The zero-order valence-corrected chi connectivity index (χ0v) is 9.76. The zero-order chi connectivity index (χ0) is 11.3. The fourth-order valence-corrected chi connectivity index (χ4v) is 2.03. The van der Waals surface area contributed by atoms with E-state index >= 15 is 0 Å². The molecule has 1 nitrogen and oxygen atoms in total. The maximum Gasteiger partial charge on any atom is 0.441 e. The van der Waals surface area contributed by atoms with Gasteiger partial charge in [0.2, 0.25) is 0 Å². The molecule has 0 bridgehead atoms. The second-order valence-electron chi connectivity index (χ2n) is 4.03. The largest absolute Gasteiger partial charge is 0.441 e. The van der Waals surface area contributed by atoms with Crippen LogP contribution in [0.2, 0.25) is 0 Å². The Balaban J connectivity index is 2.01. The molecule has 0 radical (unpaired) electrons. The fraction of sp³-hybridized carbons (Fsp3) is 1.00. The van der Waals surface area contributed by atoms with Crippen molar-refractivity contribution in [3.05, 3.63) is 0 Å². The summed E-state index contributed by atoms with van der Waals surface area (Å²) in [4.78, 5) is 0. The predicted molar refractivity (Wildman–Crippen MR) is 57.9 cm³/mol. The number of hydrogen-bond acceptors (Lipinski definition) is 2. The van der Waals surface area contributed by atoms with Crippen molar-refractivity contribution in [3.8, 4) is 0 Å². The standard InChI is InChI=1S/C10H18F3NS/c1-2-9(7-8-3-4-8)14-5-6-15-10(11,12)13/h8-9,14H,2-7H2,1H3. The number of nitrogens with one attached hydrogen (secondary N) is 1. The van der Waals surface area contributed by atoms with Crippen molar-refractivity contribution in [2.24, 2.45) is 5.92 Å². The van der Waals surface area contributed by atoms with Gasteiger partial charge in [-0.2, -0.15) is 13.2 Å². The molecule has 1 aliphatic rings. The van der Waals surface area contributed by atoms with Crippen LogP contribution in [0.25, 0.3) is 0 Å². The van der Waals surface area contributed by atoms with E-state index in [-0.39, 0.29) is 17.5 Å². The van der Waals surface area contributed by atoms with E-state index in [1.54, 1.807) is 0 Å². The van der Waals surface area contributed by atoms with Crippen molar-refractivity contribution in [2.45, 2.75) is 44.2 Å². The van der Waals surface area contributed by atoms with Crippen molar-refractivity contribution in [2.75, 3.05) is 12.3 Å². The lowest BCUT2D eigenvalue weighted by atomic mass is 10.1. The first kappa shape index (κ1) is 13.2. The van der Waals surface area contributed by atoms with Gasteiger partial charge in [-0.05, 0) is 30.5 Å². The van der Waals surface area contributed by atoms with Gasteiger partial charge in [-0.1, -0.05) is 19.8 Å². The molecule has 0 aliphatic heterocycles. The van der Waals surface area contributed by atoms with E-state index in [0.717, 1.165) is 18.8 Å². The Morgan fingerprint density at radius 1 is 1.40 bits per heavy atom. The molecular weight excluding hydrogens is 223 g/mol. The highest BCUT2D eigenvalue weighted by Gasteiger charge is 2.28. The van der Waals surface area contributed by atoms with Crippen LogP contribution in [0.1, 0.15) is 32.6 Å². The molecule has 1 N–H and O–H groups in total. The highest BCUT2D eigenvalue weighted by Crippen LogP contribution is 2.34. The van der Waals surface area contributed by atoms with Crippen LogP contribution in [0.4, 0.5) is 13.2 Å². The summed E-state index contributed by atoms with van der Waals surface area (Å²) in [6, 6.07) is 0.409. The molecule has 0 spiro atoms. The monoisotopic (exact) mass is 241 g/mol. The number of hydrogen-bond donors (Lipinski definition) is 1. The SMILES string of the molecule is CCC(CC1CC1)NCCSC(F)(F)F. The topological polar surface area (TPSA) is 12.0 Å². The van der Waals surface area contributed by atoms with Crippen LogP contribution in [0.5, 0.6) is 0 Å². The molecule has 15 heavy (non-hydrogen) atoms. The maximum absolute atomic E-state index is 11.8. The Labute approximate surface area is 93.2 Å². The Kier molecular flexibility index (Phi) is 5.26.